The first-order chi connectivity index (χ1) is 9.28. The SMILES string of the molecule is NCC1CCCN1c1ncc(-c2cc(Br)cs2)cn1. The number of nitrogens with zero attached hydrogens (tertiary/aromatic N) is 3. The molecule has 0 bridgehead atoms. The monoisotopic (exact) mass is 338 g/mol. The second-order valence-corrected chi connectivity index (χ2v) is 6.45. The molecule has 0 aliphatic carbocycles. The van der Waals surface area contributed by atoms with Crippen molar-refractivity contribution in [3.63, 3.8) is 0 Å². The zero-order valence-corrected chi connectivity index (χ0v) is 12.8. The molecule has 2 aromatic heterocycles. The number of aromatic nitrogens is 2. The highest BCUT2D eigenvalue weighted by Crippen LogP contribution is 2.30. The van der Waals surface area contributed by atoms with Crippen molar-refractivity contribution >= 4 is 33.2 Å². The fourth-order valence-corrected chi connectivity index (χ4v) is 3.81. The molecule has 0 spiro atoms. The first-order valence-corrected chi connectivity index (χ1v) is 7.98. The summed E-state index contributed by atoms with van der Waals surface area (Å²) in [6.45, 7) is 1.68. The molecular formula is C13H15BrN4S. The van der Waals surface area contributed by atoms with Crippen LogP contribution < -0.4 is 10.6 Å². The van der Waals surface area contributed by atoms with Gasteiger partial charge in [0.1, 0.15) is 0 Å². The number of hydrogen-bond donors (Lipinski definition) is 1. The Hall–Kier alpha value is -0.980. The summed E-state index contributed by atoms with van der Waals surface area (Å²) in [5.41, 5.74) is 6.84. The van der Waals surface area contributed by atoms with Crippen molar-refractivity contribution < 1.29 is 0 Å². The van der Waals surface area contributed by atoms with Crippen molar-refractivity contribution in [2.45, 2.75) is 18.9 Å². The van der Waals surface area contributed by atoms with Gasteiger partial charge >= 0.3 is 0 Å². The predicted octanol–water partition coefficient (Wildman–Crippen LogP) is 2.90. The van der Waals surface area contributed by atoms with E-state index in [1.807, 2.05) is 12.4 Å². The summed E-state index contributed by atoms with van der Waals surface area (Å²) in [6.07, 6.45) is 6.10. The standard InChI is InChI=1S/C13H15BrN4S/c14-10-4-12(19-8-10)9-6-16-13(17-7-9)18-3-1-2-11(18)5-15/h4,6-8,11H,1-3,5,15H2. The Labute approximate surface area is 124 Å². The molecule has 1 aliphatic heterocycles. The topological polar surface area (TPSA) is 55.0 Å². The summed E-state index contributed by atoms with van der Waals surface area (Å²) in [4.78, 5) is 12.4. The van der Waals surface area contributed by atoms with Gasteiger partial charge < -0.3 is 10.6 Å². The van der Waals surface area contributed by atoms with Gasteiger partial charge in [0.25, 0.3) is 0 Å². The van der Waals surface area contributed by atoms with E-state index in [2.05, 4.69) is 42.2 Å². The zero-order chi connectivity index (χ0) is 13.2. The zero-order valence-electron chi connectivity index (χ0n) is 10.4. The molecule has 2 aromatic rings. The first kappa shape index (κ1) is 13.0. The molecule has 1 aliphatic rings. The van der Waals surface area contributed by atoms with Crippen molar-refractivity contribution in [2.24, 2.45) is 5.73 Å². The third-order valence-corrected chi connectivity index (χ3v) is 5.14. The summed E-state index contributed by atoms with van der Waals surface area (Å²) < 4.78 is 1.10. The van der Waals surface area contributed by atoms with Crippen LogP contribution in [-0.4, -0.2) is 29.1 Å². The summed E-state index contributed by atoms with van der Waals surface area (Å²) in [5.74, 6) is 0.798. The van der Waals surface area contributed by atoms with Crippen LogP contribution in [0.4, 0.5) is 5.95 Å². The Morgan fingerprint density at radius 2 is 2.21 bits per heavy atom. The van der Waals surface area contributed by atoms with Crippen LogP contribution in [0.25, 0.3) is 10.4 Å². The minimum absolute atomic E-state index is 0.390. The van der Waals surface area contributed by atoms with Gasteiger partial charge in [0.05, 0.1) is 0 Å². The van der Waals surface area contributed by atoms with Crippen molar-refractivity contribution in [1.29, 1.82) is 0 Å². The van der Waals surface area contributed by atoms with E-state index in [1.165, 1.54) is 11.3 Å². The summed E-state index contributed by atoms with van der Waals surface area (Å²) in [6, 6.07) is 2.48. The van der Waals surface area contributed by atoms with Gasteiger partial charge in [-0.3, -0.25) is 0 Å². The lowest BCUT2D eigenvalue weighted by atomic mass is 10.2. The van der Waals surface area contributed by atoms with Gasteiger partial charge in [-0.05, 0) is 34.8 Å². The third-order valence-electron chi connectivity index (χ3n) is 3.40. The number of hydrogen-bond acceptors (Lipinski definition) is 5. The number of nitrogens with two attached hydrogens (primary N) is 1. The van der Waals surface area contributed by atoms with Gasteiger partial charge in [0, 0.05) is 51.8 Å². The molecule has 0 amide bonds. The molecule has 19 heavy (non-hydrogen) atoms. The Morgan fingerprint density at radius 3 is 2.84 bits per heavy atom. The highest BCUT2D eigenvalue weighted by Gasteiger charge is 2.25. The molecule has 0 radical (unpaired) electrons. The largest absolute Gasteiger partial charge is 0.337 e. The van der Waals surface area contributed by atoms with E-state index >= 15 is 0 Å². The first-order valence-electron chi connectivity index (χ1n) is 6.31. The molecule has 0 saturated carbocycles. The molecule has 4 nitrogen and oxygen atoms in total. The number of thiophene rings is 1. The van der Waals surface area contributed by atoms with Gasteiger partial charge in [0.15, 0.2) is 0 Å². The van der Waals surface area contributed by atoms with Gasteiger partial charge in [-0.25, -0.2) is 9.97 Å². The maximum atomic E-state index is 5.78. The van der Waals surface area contributed by atoms with Crippen molar-refractivity contribution in [1.82, 2.24) is 9.97 Å². The van der Waals surface area contributed by atoms with Gasteiger partial charge in [-0.2, -0.15) is 0 Å². The van der Waals surface area contributed by atoms with Crippen LogP contribution in [0.2, 0.25) is 0 Å². The summed E-state index contributed by atoms with van der Waals surface area (Å²) >= 11 is 5.15. The van der Waals surface area contributed by atoms with Crippen LogP contribution in [0, 0.1) is 0 Å². The lowest BCUT2D eigenvalue weighted by Crippen LogP contribution is -2.36. The number of anilines is 1. The van der Waals surface area contributed by atoms with E-state index in [0.717, 1.165) is 29.0 Å². The van der Waals surface area contributed by atoms with Gasteiger partial charge in [-0.15, -0.1) is 11.3 Å². The summed E-state index contributed by atoms with van der Waals surface area (Å²) in [5, 5.41) is 2.06. The molecule has 3 heterocycles. The molecule has 2 N–H and O–H groups in total. The Bertz CT molecular complexity index is 554. The lowest BCUT2D eigenvalue weighted by molar-refractivity contribution is 0.664. The molecule has 1 fully saturated rings. The van der Waals surface area contributed by atoms with Crippen LogP contribution in [-0.2, 0) is 0 Å². The second kappa shape index (κ2) is 5.56. The highest BCUT2D eigenvalue weighted by atomic mass is 79.9. The number of rotatable bonds is 3. The van der Waals surface area contributed by atoms with Crippen LogP contribution in [0.3, 0.4) is 0 Å². The number of halogens is 1. The van der Waals surface area contributed by atoms with E-state index in [9.17, 15) is 0 Å². The molecular weight excluding hydrogens is 324 g/mol. The molecule has 6 heteroatoms. The highest BCUT2D eigenvalue weighted by molar-refractivity contribution is 9.10. The van der Waals surface area contributed by atoms with Crippen LogP contribution in [0.1, 0.15) is 12.8 Å². The molecule has 1 unspecified atom stereocenters. The Kier molecular flexibility index (Phi) is 3.81. The van der Waals surface area contributed by atoms with E-state index in [4.69, 9.17) is 5.73 Å². The fourth-order valence-electron chi connectivity index (χ4n) is 2.41. The Balaban J connectivity index is 1.82. The Morgan fingerprint density at radius 1 is 1.42 bits per heavy atom. The molecule has 1 saturated heterocycles. The normalized spacial score (nSPS) is 19.1. The average molecular weight is 339 g/mol. The quantitative estimate of drug-likeness (QED) is 0.934. The minimum Gasteiger partial charge on any atom is -0.337 e. The van der Waals surface area contributed by atoms with Crippen molar-refractivity contribution in [3.05, 3.63) is 28.3 Å². The minimum atomic E-state index is 0.390. The van der Waals surface area contributed by atoms with E-state index in [-0.39, 0.29) is 0 Å². The van der Waals surface area contributed by atoms with Gasteiger partial charge in [0.2, 0.25) is 5.95 Å². The molecule has 1 atom stereocenters. The average Bonchev–Trinajstić information content (AvgIpc) is 3.07. The van der Waals surface area contributed by atoms with Crippen LogP contribution in [0.15, 0.2) is 28.3 Å². The van der Waals surface area contributed by atoms with Crippen LogP contribution >= 0.6 is 27.3 Å². The van der Waals surface area contributed by atoms with Crippen LogP contribution in [0.5, 0.6) is 0 Å². The maximum absolute atomic E-state index is 5.78. The third kappa shape index (κ3) is 2.66. The second-order valence-electron chi connectivity index (χ2n) is 4.63. The predicted molar refractivity (Wildman–Crippen MR) is 82.5 cm³/mol. The fraction of sp³-hybridized carbons (Fsp3) is 0.385. The van der Waals surface area contributed by atoms with Gasteiger partial charge in [-0.1, -0.05) is 0 Å². The molecule has 100 valence electrons. The molecule has 3 rings (SSSR count). The van der Waals surface area contributed by atoms with E-state index in [1.54, 1.807) is 11.3 Å². The molecule has 0 aromatic carbocycles. The van der Waals surface area contributed by atoms with Crippen molar-refractivity contribution in [3.8, 4) is 10.4 Å². The van der Waals surface area contributed by atoms with E-state index in [0.29, 0.717) is 12.6 Å². The van der Waals surface area contributed by atoms with E-state index < -0.39 is 0 Å². The lowest BCUT2D eigenvalue weighted by Gasteiger charge is -2.23. The van der Waals surface area contributed by atoms with Crippen molar-refractivity contribution in [2.75, 3.05) is 18.0 Å². The smallest absolute Gasteiger partial charge is 0.225 e. The summed E-state index contributed by atoms with van der Waals surface area (Å²) in [7, 11) is 0. The maximum Gasteiger partial charge on any atom is 0.225 e.